The minimum atomic E-state index is -0.200. The molecule has 156 valence electrons. The largest absolute Gasteiger partial charge is 0.393 e. The lowest BCUT2D eigenvalue weighted by Crippen LogP contribution is -2.47. The molecule has 3 N–H and O–H groups in total. The van der Waals surface area contributed by atoms with E-state index in [4.69, 9.17) is 5.73 Å². The summed E-state index contributed by atoms with van der Waals surface area (Å²) < 4.78 is 14.1. The molecule has 5 rings (SSSR count). The second-order valence-electron chi connectivity index (χ2n) is 7.39. The van der Waals surface area contributed by atoms with Crippen LogP contribution < -0.4 is 20.9 Å². The number of hydrogen-bond acceptors (Lipinski definition) is 7. The number of nitrogens with one attached hydrogen (secondary N) is 1. The predicted octanol–water partition coefficient (Wildman–Crippen LogP) is 3.82. The van der Waals surface area contributed by atoms with Gasteiger partial charge in [-0.3, -0.25) is 4.98 Å². The average molecular weight is 415 g/mol. The van der Waals surface area contributed by atoms with Gasteiger partial charge in [0.1, 0.15) is 17.8 Å². The van der Waals surface area contributed by atoms with Crippen molar-refractivity contribution >= 4 is 39.6 Å². The fraction of sp³-hybridized carbons (Fsp3) is 0.174. The minimum absolute atomic E-state index is 0.200. The van der Waals surface area contributed by atoms with E-state index in [0.717, 1.165) is 16.6 Å². The van der Waals surface area contributed by atoms with Crippen LogP contribution in [0.5, 0.6) is 0 Å². The van der Waals surface area contributed by atoms with Gasteiger partial charge in [0.25, 0.3) is 0 Å². The van der Waals surface area contributed by atoms with Crippen molar-refractivity contribution < 1.29 is 4.39 Å². The van der Waals surface area contributed by atoms with Gasteiger partial charge in [-0.2, -0.15) is 0 Å². The number of fused-ring (bicyclic) bond motifs is 1. The van der Waals surface area contributed by atoms with Crippen molar-refractivity contribution in [2.75, 3.05) is 47.0 Å². The first kappa shape index (κ1) is 19.0. The minimum Gasteiger partial charge on any atom is -0.393 e. The van der Waals surface area contributed by atoms with Gasteiger partial charge in [-0.05, 0) is 36.4 Å². The second kappa shape index (κ2) is 8.06. The van der Waals surface area contributed by atoms with E-state index in [1.165, 1.54) is 12.4 Å². The molecule has 0 aliphatic carbocycles. The Morgan fingerprint density at radius 3 is 2.48 bits per heavy atom. The van der Waals surface area contributed by atoms with E-state index in [0.29, 0.717) is 49.2 Å². The molecular weight excluding hydrogens is 393 g/mol. The fourth-order valence-corrected chi connectivity index (χ4v) is 3.95. The second-order valence-corrected chi connectivity index (χ2v) is 7.39. The highest BCUT2D eigenvalue weighted by molar-refractivity contribution is 5.94. The summed E-state index contributed by atoms with van der Waals surface area (Å²) in [5, 5.41) is 4.32. The number of halogens is 1. The predicted molar refractivity (Wildman–Crippen MR) is 122 cm³/mol. The zero-order chi connectivity index (χ0) is 21.2. The smallest absolute Gasteiger partial charge is 0.159 e. The number of nitrogens with zero attached hydrogens (tertiary/aromatic N) is 5. The van der Waals surface area contributed by atoms with Crippen LogP contribution in [0.3, 0.4) is 0 Å². The summed E-state index contributed by atoms with van der Waals surface area (Å²) in [5.41, 5.74) is 9.35. The lowest BCUT2D eigenvalue weighted by atomic mass is 10.2. The first-order valence-electron chi connectivity index (χ1n) is 10.2. The molecule has 0 spiro atoms. The summed E-state index contributed by atoms with van der Waals surface area (Å²) in [6.07, 6.45) is 3.28. The summed E-state index contributed by atoms with van der Waals surface area (Å²) in [6, 6.07) is 16.6. The van der Waals surface area contributed by atoms with E-state index >= 15 is 0 Å². The first-order valence-corrected chi connectivity index (χ1v) is 10.2. The Morgan fingerprint density at radius 1 is 0.839 bits per heavy atom. The maximum atomic E-state index is 14.1. The van der Waals surface area contributed by atoms with Crippen molar-refractivity contribution in [1.82, 2.24) is 15.0 Å². The van der Waals surface area contributed by atoms with Crippen LogP contribution in [0.15, 0.2) is 67.1 Å². The molecule has 1 aliphatic rings. The van der Waals surface area contributed by atoms with Gasteiger partial charge in [0.15, 0.2) is 11.6 Å². The number of nitrogen functional groups attached to an aromatic ring is 1. The molecule has 0 radical (unpaired) electrons. The zero-order valence-corrected chi connectivity index (χ0v) is 16.9. The molecule has 0 bridgehead atoms. The summed E-state index contributed by atoms with van der Waals surface area (Å²) >= 11 is 0. The number of pyridine rings is 1. The molecule has 31 heavy (non-hydrogen) atoms. The van der Waals surface area contributed by atoms with Gasteiger partial charge in [-0.1, -0.05) is 18.2 Å². The number of aromatic nitrogens is 3. The van der Waals surface area contributed by atoms with Crippen molar-refractivity contribution in [2.45, 2.75) is 0 Å². The Balaban J connectivity index is 1.36. The Morgan fingerprint density at radius 2 is 1.65 bits per heavy atom. The Labute approximate surface area is 179 Å². The van der Waals surface area contributed by atoms with Crippen molar-refractivity contribution in [3.05, 3.63) is 72.9 Å². The number of hydrogen-bond donors (Lipinski definition) is 2. The number of anilines is 5. The Bertz CT molecular complexity index is 1220. The Kier molecular flexibility index (Phi) is 4.95. The molecule has 0 unspecified atom stereocenters. The van der Waals surface area contributed by atoms with E-state index in [-0.39, 0.29) is 5.82 Å². The highest BCUT2D eigenvalue weighted by Crippen LogP contribution is 2.32. The van der Waals surface area contributed by atoms with Crippen LogP contribution in [-0.4, -0.2) is 41.1 Å². The van der Waals surface area contributed by atoms with Crippen molar-refractivity contribution in [2.24, 2.45) is 0 Å². The number of rotatable bonds is 4. The van der Waals surface area contributed by atoms with Crippen LogP contribution in [0.2, 0.25) is 0 Å². The zero-order valence-electron chi connectivity index (χ0n) is 16.9. The Hall–Kier alpha value is -3.94. The molecule has 1 fully saturated rings. The van der Waals surface area contributed by atoms with E-state index in [1.807, 2.05) is 47.4 Å². The molecule has 2 aromatic carbocycles. The van der Waals surface area contributed by atoms with Gasteiger partial charge in [0, 0.05) is 43.4 Å². The highest BCUT2D eigenvalue weighted by Gasteiger charge is 2.23. The summed E-state index contributed by atoms with van der Waals surface area (Å²) in [7, 11) is 0. The van der Waals surface area contributed by atoms with Crippen LogP contribution in [0.1, 0.15) is 0 Å². The quantitative estimate of drug-likeness (QED) is 0.524. The molecular formula is C23H22FN7. The standard InChI is InChI=1S/C23H22FN7/c24-17-6-1-2-9-20(17)30-11-13-31(14-12-30)23-21(25)22(27-15-28-23)29-19-8-3-7-18-16(19)5-4-10-26-18/h1-10,15H,11-14,25H2,(H,27,28,29). The maximum Gasteiger partial charge on any atom is 0.159 e. The number of para-hydroxylation sites is 1. The fourth-order valence-electron chi connectivity index (χ4n) is 3.95. The average Bonchev–Trinajstić information content (AvgIpc) is 2.81. The van der Waals surface area contributed by atoms with Crippen molar-refractivity contribution in [3.63, 3.8) is 0 Å². The van der Waals surface area contributed by atoms with Crippen LogP contribution in [-0.2, 0) is 0 Å². The summed E-state index contributed by atoms with van der Waals surface area (Å²) in [6.45, 7) is 2.74. The van der Waals surface area contributed by atoms with Gasteiger partial charge in [-0.25, -0.2) is 14.4 Å². The first-order chi connectivity index (χ1) is 15.2. The maximum absolute atomic E-state index is 14.1. The molecule has 7 nitrogen and oxygen atoms in total. The summed E-state index contributed by atoms with van der Waals surface area (Å²) in [5.74, 6) is 1.04. The van der Waals surface area contributed by atoms with E-state index in [9.17, 15) is 4.39 Å². The normalized spacial score (nSPS) is 14.1. The van der Waals surface area contributed by atoms with Crippen LogP contribution in [0.25, 0.3) is 10.9 Å². The number of nitrogens with two attached hydrogens (primary N) is 1. The van der Waals surface area contributed by atoms with E-state index < -0.39 is 0 Å². The highest BCUT2D eigenvalue weighted by atomic mass is 19.1. The lowest BCUT2D eigenvalue weighted by molar-refractivity contribution is 0.596. The van der Waals surface area contributed by atoms with Crippen LogP contribution >= 0.6 is 0 Å². The topological polar surface area (TPSA) is 83.2 Å². The van der Waals surface area contributed by atoms with Crippen molar-refractivity contribution in [1.29, 1.82) is 0 Å². The monoisotopic (exact) mass is 415 g/mol. The van der Waals surface area contributed by atoms with Crippen LogP contribution in [0, 0.1) is 5.82 Å². The van der Waals surface area contributed by atoms with Gasteiger partial charge in [-0.15, -0.1) is 0 Å². The van der Waals surface area contributed by atoms with Crippen LogP contribution in [0.4, 0.5) is 33.1 Å². The van der Waals surface area contributed by atoms with E-state index in [1.54, 1.807) is 12.3 Å². The third-order valence-corrected chi connectivity index (χ3v) is 5.53. The molecule has 1 saturated heterocycles. The van der Waals surface area contributed by atoms with Gasteiger partial charge in [0.2, 0.25) is 0 Å². The van der Waals surface area contributed by atoms with Gasteiger partial charge in [0.05, 0.1) is 11.2 Å². The molecule has 3 heterocycles. The number of piperazine rings is 1. The molecule has 1 aliphatic heterocycles. The molecule has 0 atom stereocenters. The molecule has 2 aromatic heterocycles. The summed E-state index contributed by atoms with van der Waals surface area (Å²) in [4.78, 5) is 17.3. The molecule has 8 heteroatoms. The third kappa shape index (κ3) is 3.68. The van der Waals surface area contributed by atoms with Crippen molar-refractivity contribution in [3.8, 4) is 0 Å². The lowest BCUT2D eigenvalue weighted by Gasteiger charge is -2.37. The van der Waals surface area contributed by atoms with Gasteiger partial charge >= 0.3 is 0 Å². The molecule has 4 aromatic rings. The van der Waals surface area contributed by atoms with E-state index in [2.05, 4.69) is 25.2 Å². The molecule has 0 amide bonds. The number of benzene rings is 2. The van der Waals surface area contributed by atoms with Gasteiger partial charge < -0.3 is 20.9 Å². The SMILES string of the molecule is Nc1c(Nc2cccc3ncccc23)ncnc1N1CCN(c2ccccc2F)CC1. The third-order valence-electron chi connectivity index (χ3n) is 5.53. The molecule has 0 saturated carbocycles.